The van der Waals surface area contributed by atoms with Crippen molar-refractivity contribution in [2.24, 2.45) is 4.99 Å². The van der Waals surface area contributed by atoms with Crippen LogP contribution in [0.1, 0.15) is 33.0 Å². The number of benzene rings is 1. The molecule has 2 aromatic rings. The lowest BCUT2D eigenvalue weighted by Gasteiger charge is -2.38. The van der Waals surface area contributed by atoms with Gasteiger partial charge < -0.3 is 24.8 Å². The summed E-state index contributed by atoms with van der Waals surface area (Å²) in [6, 6.07) is 7.91. The molecule has 8 nitrogen and oxygen atoms in total. The van der Waals surface area contributed by atoms with E-state index < -0.39 is 0 Å². The zero-order valence-corrected chi connectivity index (χ0v) is 17.8. The maximum absolute atomic E-state index is 10.1. The fourth-order valence-electron chi connectivity index (χ4n) is 3.45. The number of piperazine rings is 1. The predicted octanol–water partition coefficient (Wildman–Crippen LogP) is 2.11. The lowest BCUT2D eigenvalue weighted by atomic mass is 10.2. The van der Waals surface area contributed by atoms with Gasteiger partial charge in [-0.3, -0.25) is 4.99 Å². The van der Waals surface area contributed by atoms with Crippen LogP contribution in [0.2, 0.25) is 0 Å². The Morgan fingerprint density at radius 2 is 1.97 bits per heavy atom. The topological polar surface area (TPSA) is 81.8 Å². The molecule has 1 unspecified atom stereocenters. The molecule has 1 aromatic heterocycles. The van der Waals surface area contributed by atoms with Gasteiger partial charge in [0.05, 0.1) is 12.2 Å². The first-order valence-electron chi connectivity index (χ1n) is 10.6. The fraction of sp³-hybridized carbons (Fsp3) is 0.571. The number of aryl methyl sites for hydroxylation is 1. The van der Waals surface area contributed by atoms with E-state index >= 15 is 0 Å². The minimum Gasteiger partial charge on any atom is -0.506 e. The molecule has 0 bridgehead atoms. The van der Waals surface area contributed by atoms with Crippen molar-refractivity contribution >= 4 is 11.6 Å². The van der Waals surface area contributed by atoms with Gasteiger partial charge in [-0.2, -0.15) is 0 Å². The van der Waals surface area contributed by atoms with Gasteiger partial charge in [-0.25, -0.2) is 0 Å². The van der Waals surface area contributed by atoms with Crippen LogP contribution in [-0.4, -0.2) is 69.5 Å². The Hall–Kier alpha value is -2.77. The highest BCUT2D eigenvalue weighted by Crippen LogP contribution is 2.27. The number of anilines is 1. The van der Waals surface area contributed by atoms with Crippen molar-refractivity contribution < 1.29 is 5.11 Å². The zero-order chi connectivity index (χ0) is 20.6. The largest absolute Gasteiger partial charge is 0.506 e. The quantitative estimate of drug-likeness (QED) is 0.548. The molecule has 0 radical (unpaired) electrons. The second kappa shape index (κ2) is 10.1. The van der Waals surface area contributed by atoms with Crippen molar-refractivity contribution in [3.05, 3.63) is 36.4 Å². The van der Waals surface area contributed by atoms with Crippen LogP contribution in [-0.2, 0) is 13.0 Å². The number of aromatic hydroxyl groups is 1. The number of rotatable bonds is 7. The number of nitrogens with one attached hydrogen (secondary N) is 1. The Kier molecular flexibility index (Phi) is 7.32. The van der Waals surface area contributed by atoms with Gasteiger partial charge in [-0.15, -0.1) is 10.2 Å². The van der Waals surface area contributed by atoms with E-state index in [0.29, 0.717) is 18.3 Å². The van der Waals surface area contributed by atoms with Gasteiger partial charge in [0.15, 0.2) is 5.96 Å². The van der Waals surface area contributed by atoms with Crippen LogP contribution < -0.4 is 10.2 Å². The third-order valence-electron chi connectivity index (χ3n) is 5.40. The first-order chi connectivity index (χ1) is 14.1. The molecule has 0 aliphatic carbocycles. The average Bonchev–Trinajstić information content (AvgIpc) is 3.21. The molecule has 2 heterocycles. The maximum Gasteiger partial charge on any atom is 0.194 e. The molecule has 1 aromatic carbocycles. The standard InChI is InChI=1S/C21H33N7O/c1-4-17(3)24-21(22-10-11-28-16-23-25-20(28)5-2)27-14-12-26(13-15-27)18-8-6-7-9-19(18)29/h6-9,16-17,29H,4-5,10-15H2,1-3H3,(H,22,24). The average molecular weight is 400 g/mol. The van der Waals surface area contributed by atoms with E-state index in [1.165, 1.54) is 0 Å². The minimum atomic E-state index is 0.341. The Bertz CT molecular complexity index is 796. The third-order valence-corrected chi connectivity index (χ3v) is 5.40. The first-order valence-corrected chi connectivity index (χ1v) is 10.6. The molecule has 1 aliphatic rings. The van der Waals surface area contributed by atoms with E-state index in [1.807, 2.05) is 18.2 Å². The number of phenolic OH excluding ortho intramolecular Hbond substituents is 1. The first kappa shape index (κ1) is 21.0. The molecule has 2 N–H and O–H groups in total. The molecule has 8 heteroatoms. The van der Waals surface area contributed by atoms with Gasteiger partial charge in [-0.05, 0) is 25.5 Å². The van der Waals surface area contributed by atoms with Crippen LogP contribution in [0.3, 0.4) is 0 Å². The van der Waals surface area contributed by atoms with Gasteiger partial charge in [-0.1, -0.05) is 26.0 Å². The highest BCUT2D eigenvalue weighted by Gasteiger charge is 2.22. The summed E-state index contributed by atoms with van der Waals surface area (Å²) >= 11 is 0. The molecular formula is C21H33N7O. The lowest BCUT2D eigenvalue weighted by molar-refractivity contribution is 0.363. The van der Waals surface area contributed by atoms with E-state index in [9.17, 15) is 5.11 Å². The van der Waals surface area contributed by atoms with E-state index in [2.05, 4.69) is 50.7 Å². The van der Waals surface area contributed by atoms with Crippen LogP contribution in [0.4, 0.5) is 5.69 Å². The highest BCUT2D eigenvalue weighted by molar-refractivity contribution is 5.80. The van der Waals surface area contributed by atoms with Gasteiger partial charge in [0.1, 0.15) is 17.9 Å². The number of para-hydroxylation sites is 2. The van der Waals surface area contributed by atoms with Crippen molar-refractivity contribution in [1.29, 1.82) is 0 Å². The Labute approximate surface area is 173 Å². The van der Waals surface area contributed by atoms with Crippen LogP contribution in [0, 0.1) is 0 Å². The van der Waals surface area contributed by atoms with E-state index in [4.69, 9.17) is 4.99 Å². The van der Waals surface area contributed by atoms with Crippen LogP contribution in [0.5, 0.6) is 5.75 Å². The van der Waals surface area contributed by atoms with Crippen molar-refractivity contribution in [2.45, 2.75) is 46.2 Å². The number of hydrogen-bond donors (Lipinski definition) is 2. The number of guanidine groups is 1. The number of nitrogens with zero attached hydrogens (tertiary/aromatic N) is 6. The number of hydrogen-bond acceptors (Lipinski definition) is 5. The van der Waals surface area contributed by atoms with E-state index in [0.717, 1.165) is 63.0 Å². The van der Waals surface area contributed by atoms with Crippen LogP contribution in [0.25, 0.3) is 0 Å². The summed E-state index contributed by atoms with van der Waals surface area (Å²) in [5.41, 5.74) is 0.903. The van der Waals surface area contributed by atoms with Gasteiger partial charge in [0, 0.05) is 45.2 Å². The summed E-state index contributed by atoms with van der Waals surface area (Å²) in [5.74, 6) is 2.29. The van der Waals surface area contributed by atoms with Gasteiger partial charge in [0.25, 0.3) is 0 Å². The molecule has 1 fully saturated rings. The second-order valence-electron chi connectivity index (χ2n) is 7.42. The Balaban J connectivity index is 1.63. The van der Waals surface area contributed by atoms with Crippen LogP contribution in [0.15, 0.2) is 35.6 Å². The summed E-state index contributed by atoms with van der Waals surface area (Å²) in [6.45, 7) is 11.3. The maximum atomic E-state index is 10.1. The predicted molar refractivity (Wildman–Crippen MR) is 116 cm³/mol. The van der Waals surface area contributed by atoms with E-state index in [1.54, 1.807) is 12.4 Å². The number of aromatic nitrogens is 3. The van der Waals surface area contributed by atoms with Crippen LogP contribution >= 0.6 is 0 Å². The second-order valence-corrected chi connectivity index (χ2v) is 7.42. The molecular weight excluding hydrogens is 366 g/mol. The molecule has 29 heavy (non-hydrogen) atoms. The molecule has 1 aliphatic heterocycles. The molecule has 1 saturated heterocycles. The summed E-state index contributed by atoms with van der Waals surface area (Å²) in [6.07, 6.45) is 3.69. The third kappa shape index (κ3) is 5.40. The molecule has 0 spiro atoms. The summed E-state index contributed by atoms with van der Waals surface area (Å²) in [4.78, 5) is 9.44. The number of phenols is 1. The Morgan fingerprint density at radius 1 is 1.21 bits per heavy atom. The molecule has 3 rings (SSSR count). The summed E-state index contributed by atoms with van der Waals surface area (Å²) < 4.78 is 2.07. The van der Waals surface area contributed by atoms with Crippen molar-refractivity contribution in [3.63, 3.8) is 0 Å². The molecule has 158 valence electrons. The summed E-state index contributed by atoms with van der Waals surface area (Å²) in [7, 11) is 0. The lowest BCUT2D eigenvalue weighted by Crippen LogP contribution is -2.54. The molecule has 1 atom stereocenters. The fourth-order valence-corrected chi connectivity index (χ4v) is 3.45. The van der Waals surface area contributed by atoms with Crippen molar-refractivity contribution in [1.82, 2.24) is 25.0 Å². The molecule has 0 saturated carbocycles. The number of aliphatic imine (C=N–C) groups is 1. The monoisotopic (exact) mass is 399 g/mol. The SMILES string of the molecule is CCc1nncn1CCN=C(NC(C)CC)N1CCN(c2ccccc2O)CC1. The minimum absolute atomic E-state index is 0.341. The van der Waals surface area contributed by atoms with Gasteiger partial charge in [0.2, 0.25) is 0 Å². The van der Waals surface area contributed by atoms with Crippen molar-refractivity contribution in [2.75, 3.05) is 37.6 Å². The normalized spacial score (nSPS) is 16.2. The highest BCUT2D eigenvalue weighted by atomic mass is 16.3. The smallest absolute Gasteiger partial charge is 0.194 e. The van der Waals surface area contributed by atoms with Crippen molar-refractivity contribution in [3.8, 4) is 5.75 Å². The van der Waals surface area contributed by atoms with E-state index in [-0.39, 0.29) is 0 Å². The Morgan fingerprint density at radius 3 is 2.66 bits per heavy atom. The zero-order valence-electron chi connectivity index (χ0n) is 17.8. The van der Waals surface area contributed by atoms with Gasteiger partial charge >= 0.3 is 0 Å². The molecule has 0 amide bonds. The summed E-state index contributed by atoms with van der Waals surface area (Å²) in [5, 5.41) is 21.9.